The van der Waals surface area contributed by atoms with E-state index < -0.39 is 17.4 Å². The molecule has 0 atom stereocenters. The van der Waals surface area contributed by atoms with Gasteiger partial charge in [-0.1, -0.05) is 24.6 Å². The predicted molar refractivity (Wildman–Crippen MR) is 108 cm³/mol. The molecule has 0 saturated heterocycles. The van der Waals surface area contributed by atoms with Crippen molar-refractivity contribution in [3.05, 3.63) is 64.0 Å². The average Bonchev–Trinajstić information content (AvgIpc) is 3.10. The van der Waals surface area contributed by atoms with Crippen LogP contribution >= 0.6 is 11.3 Å². The first-order valence-corrected chi connectivity index (χ1v) is 9.63. The van der Waals surface area contributed by atoms with Gasteiger partial charge in [0.05, 0.1) is 0 Å². The number of amidine groups is 1. The number of nitrogens with two attached hydrogens (primary N) is 1. The van der Waals surface area contributed by atoms with Crippen LogP contribution in [0.2, 0.25) is 0 Å². The van der Waals surface area contributed by atoms with Crippen LogP contribution in [0, 0.1) is 18.6 Å². The number of thiophene rings is 1. The number of phenolic OH excluding ortho intramolecular Hbond substituents is 1. The zero-order valence-corrected chi connectivity index (χ0v) is 16.3. The summed E-state index contributed by atoms with van der Waals surface area (Å²) in [5.74, 6) is -3.19. The van der Waals surface area contributed by atoms with E-state index in [2.05, 4.69) is 5.16 Å². The van der Waals surface area contributed by atoms with Gasteiger partial charge in [-0.25, -0.2) is 8.78 Å². The molecule has 0 unspecified atom stereocenters. The molecule has 7 heteroatoms. The average molecular weight is 402 g/mol. The van der Waals surface area contributed by atoms with Crippen molar-refractivity contribution in [2.75, 3.05) is 0 Å². The van der Waals surface area contributed by atoms with Crippen LogP contribution < -0.4 is 5.73 Å². The van der Waals surface area contributed by atoms with Gasteiger partial charge >= 0.3 is 0 Å². The van der Waals surface area contributed by atoms with Crippen molar-refractivity contribution in [3.8, 4) is 27.3 Å². The number of oxime groups is 1. The molecule has 2 aromatic carbocycles. The molecule has 1 aromatic heterocycles. The Hall–Kier alpha value is -2.93. The van der Waals surface area contributed by atoms with Crippen LogP contribution in [-0.4, -0.2) is 16.1 Å². The number of aromatic hydroxyl groups is 1. The standard InChI is InChI=1S/C21H20F2N2O2S/c1-3-4-12-7-14(13-9-16(22)19(26)17(23)10-13)18(15(8-12)21(24)25-27)20-11(2)5-6-28-20/h5-10,26-27H,3-4H2,1-2H3,(H2,24,25). The maximum Gasteiger partial charge on any atom is 0.187 e. The number of hydrogen-bond donors (Lipinski definition) is 3. The molecule has 0 fully saturated rings. The van der Waals surface area contributed by atoms with Crippen LogP contribution in [0.3, 0.4) is 0 Å². The molecule has 0 amide bonds. The van der Waals surface area contributed by atoms with E-state index in [-0.39, 0.29) is 11.4 Å². The van der Waals surface area contributed by atoms with E-state index in [4.69, 9.17) is 5.73 Å². The lowest BCUT2D eigenvalue weighted by Crippen LogP contribution is -2.15. The number of rotatable bonds is 5. The number of hydrogen-bond acceptors (Lipinski definition) is 4. The fourth-order valence-electron chi connectivity index (χ4n) is 3.21. The summed E-state index contributed by atoms with van der Waals surface area (Å²) < 4.78 is 28.2. The zero-order valence-electron chi connectivity index (χ0n) is 15.5. The van der Waals surface area contributed by atoms with Crippen LogP contribution in [0.4, 0.5) is 8.78 Å². The van der Waals surface area contributed by atoms with E-state index in [0.29, 0.717) is 23.1 Å². The Morgan fingerprint density at radius 3 is 2.39 bits per heavy atom. The van der Waals surface area contributed by atoms with Gasteiger partial charge in [-0.2, -0.15) is 0 Å². The van der Waals surface area contributed by atoms with Gasteiger partial charge in [0.15, 0.2) is 23.2 Å². The second kappa shape index (κ2) is 7.98. The second-order valence-electron chi connectivity index (χ2n) is 6.52. The number of benzene rings is 2. The Morgan fingerprint density at radius 2 is 1.86 bits per heavy atom. The molecule has 28 heavy (non-hydrogen) atoms. The molecule has 0 bridgehead atoms. The molecule has 3 rings (SSSR count). The molecule has 4 N–H and O–H groups in total. The highest BCUT2D eigenvalue weighted by Gasteiger charge is 2.21. The molecule has 0 saturated carbocycles. The predicted octanol–water partition coefficient (Wildman–Crippen LogP) is 5.42. The van der Waals surface area contributed by atoms with Gasteiger partial charge in [-0.3, -0.25) is 0 Å². The van der Waals surface area contributed by atoms with Crippen LogP contribution in [0.5, 0.6) is 5.75 Å². The number of phenols is 1. The summed E-state index contributed by atoms with van der Waals surface area (Å²) in [6, 6.07) is 7.80. The van der Waals surface area contributed by atoms with Crippen LogP contribution in [-0.2, 0) is 6.42 Å². The minimum atomic E-state index is -1.05. The fraction of sp³-hybridized carbons (Fsp3) is 0.190. The lowest BCUT2D eigenvalue weighted by Gasteiger charge is -2.17. The summed E-state index contributed by atoms with van der Waals surface area (Å²) >= 11 is 1.46. The summed E-state index contributed by atoms with van der Waals surface area (Å²) in [7, 11) is 0. The summed E-state index contributed by atoms with van der Waals surface area (Å²) in [5, 5.41) is 23.8. The summed E-state index contributed by atoms with van der Waals surface area (Å²) in [6.07, 6.45) is 1.57. The van der Waals surface area contributed by atoms with Crippen molar-refractivity contribution < 1.29 is 19.1 Å². The molecule has 1 heterocycles. The van der Waals surface area contributed by atoms with Gasteiger partial charge < -0.3 is 16.0 Å². The van der Waals surface area contributed by atoms with E-state index in [1.54, 1.807) is 0 Å². The first kappa shape index (κ1) is 19.8. The lowest BCUT2D eigenvalue weighted by molar-refractivity contribution is 0.318. The van der Waals surface area contributed by atoms with Crippen molar-refractivity contribution in [1.82, 2.24) is 0 Å². The maximum atomic E-state index is 14.1. The van der Waals surface area contributed by atoms with E-state index in [9.17, 15) is 19.1 Å². The molecule has 0 aliphatic rings. The van der Waals surface area contributed by atoms with Gasteiger partial charge in [-0.15, -0.1) is 11.3 Å². The minimum Gasteiger partial charge on any atom is -0.503 e. The molecule has 0 aliphatic heterocycles. The Kier molecular flexibility index (Phi) is 5.65. The third kappa shape index (κ3) is 3.57. The molecule has 4 nitrogen and oxygen atoms in total. The molecule has 0 aliphatic carbocycles. The Labute approximate surface area is 165 Å². The molecular weight excluding hydrogens is 382 g/mol. The molecular formula is C21H20F2N2O2S. The van der Waals surface area contributed by atoms with Crippen molar-refractivity contribution >= 4 is 17.2 Å². The van der Waals surface area contributed by atoms with Crippen molar-refractivity contribution in [1.29, 1.82) is 0 Å². The molecule has 0 radical (unpaired) electrons. The molecule has 0 spiro atoms. The minimum absolute atomic E-state index is 0.0817. The van der Waals surface area contributed by atoms with E-state index in [1.807, 2.05) is 37.4 Å². The largest absolute Gasteiger partial charge is 0.503 e. The number of nitrogens with zero attached hydrogens (tertiary/aromatic N) is 1. The SMILES string of the molecule is CCCc1cc(/C(N)=N/O)c(-c2sccc2C)c(-c2cc(F)c(O)c(F)c2)c1. The third-order valence-electron chi connectivity index (χ3n) is 4.54. The normalized spacial score (nSPS) is 11.8. The van der Waals surface area contributed by atoms with Gasteiger partial charge in [0.25, 0.3) is 0 Å². The maximum absolute atomic E-state index is 14.1. The first-order chi connectivity index (χ1) is 13.4. The Bertz CT molecular complexity index is 1040. The van der Waals surface area contributed by atoms with Crippen LogP contribution in [0.15, 0.2) is 40.9 Å². The van der Waals surface area contributed by atoms with Gasteiger partial charge in [0.1, 0.15) is 0 Å². The van der Waals surface area contributed by atoms with Crippen LogP contribution in [0.1, 0.15) is 30.0 Å². The highest BCUT2D eigenvalue weighted by atomic mass is 32.1. The highest BCUT2D eigenvalue weighted by molar-refractivity contribution is 7.13. The quantitative estimate of drug-likeness (QED) is 0.231. The molecule has 3 aromatic rings. The first-order valence-electron chi connectivity index (χ1n) is 8.75. The summed E-state index contributed by atoms with van der Waals surface area (Å²) in [6.45, 7) is 3.93. The van der Waals surface area contributed by atoms with E-state index >= 15 is 0 Å². The Balaban J connectivity index is 2.43. The van der Waals surface area contributed by atoms with Gasteiger partial charge in [-0.05, 0) is 65.2 Å². The smallest absolute Gasteiger partial charge is 0.187 e. The second-order valence-corrected chi connectivity index (χ2v) is 7.44. The third-order valence-corrected chi connectivity index (χ3v) is 5.57. The Morgan fingerprint density at radius 1 is 1.18 bits per heavy atom. The topological polar surface area (TPSA) is 78.8 Å². The van der Waals surface area contributed by atoms with Crippen molar-refractivity contribution in [3.63, 3.8) is 0 Å². The lowest BCUT2D eigenvalue weighted by atomic mass is 9.89. The van der Waals surface area contributed by atoms with Gasteiger partial charge in [0, 0.05) is 16.0 Å². The number of aryl methyl sites for hydroxylation is 2. The highest BCUT2D eigenvalue weighted by Crippen LogP contribution is 2.41. The zero-order chi connectivity index (χ0) is 20.4. The summed E-state index contributed by atoms with van der Waals surface area (Å²) in [5.41, 5.74) is 9.75. The molecule has 146 valence electrons. The fourth-order valence-corrected chi connectivity index (χ4v) is 4.21. The van der Waals surface area contributed by atoms with Crippen LogP contribution in [0.25, 0.3) is 21.6 Å². The summed E-state index contributed by atoms with van der Waals surface area (Å²) in [4.78, 5) is 0.855. The monoisotopic (exact) mass is 402 g/mol. The van der Waals surface area contributed by atoms with Crippen molar-refractivity contribution in [2.24, 2.45) is 10.9 Å². The van der Waals surface area contributed by atoms with E-state index in [0.717, 1.165) is 34.6 Å². The number of halogens is 2. The van der Waals surface area contributed by atoms with E-state index in [1.165, 1.54) is 11.3 Å². The van der Waals surface area contributed by atoms with Crippen molar-refractivity contribution in [2.45, 2.75) is 26.7 Å². The van der Waals surface area contributed by atoms with Gasteiger partial charge in [0.2, 0.25) is 0 Å².